The van der Waals surface area contributed by atoms with Crippen LogP contribution < -0.4 is 5.32 Å². The van der Waals surface area contributed by atoms with E-state index in [9.17, 15) is 4.79 Å². The standard InChI is InChI=1S/C14H26N2OS2/c1-3-5-12-14(17)16(13(15-12)6-4-2)9-11-10-18-7-8-19-11/h11-13,15H,3-10H2,1-2H3. The Balaban J connectivity index is 1.95. The smallest absolute Gasteiger partial charge is 0.241 e. The normalized spacial score (nSPS) is 32.0. The van der Waals surface area contributed by atoms with Crippen LogP contribution in [0.3, 0.4) is 0 Å². The molecule has 0 aromatic rings. The molecule has 2 saturated heterocycles. The van der Waals surface area contributed by atoms with Crippen molar-refractivity contribution in [2.75, 3.05) is 23.8 Å². The Labute approximate surface area is 125 Å². The highest BCUT2D eigenvalue weighted by atomic mass is 32.2. The zero-order chi connectivity index (χ0) is 13.7. The first-order valence-corrected chi connectivity index (χ1v) is 9.72. The number of carbonyl (C=O) groups is 1. The first kappa shape index (κ1) is 15.5. The van der Waals surface area contributed by atoms with Gasteiger partial charge in [0.05, 0.1) is 12.2 Å². The van der Waals surface area contributed by atoms with E-state index >= 15 is 0 Å². The fourth-order valence-corrected chi connectivity index (χ4v) is 5.50. The van der Waals surface area contributed by atoms with Gasteiger partial charge in [-0.25, -0.2) is 0 Å². The van der Waals surface area contributed by atoms with Crippen LogP contribution in [-0.4, -0.2) is 52.1 Å². The van der Waals surface area contributed by atoms with Gasteiger partial charge in [0.1, 0.15) is 0 Å². The summed E-state index contributed by atoms with van der Waals surface area (Å²) in [6.45, 7) is 5.29. The van der Waals surface area contributed by atoms with Gasteiger partial charge in [-0.15, -0.1) is 0 Å². The number of nitrogens with one attached hydrogen (secondary N) is 1. The zero-order valence-electron chi connectivity index (χ0n) is 12.1. The molecule has 0 aromatic carbocycles. The molecule has 110 valence electrons. The van der Waals surface area contributed by atoms with E-state index < -0.39 is 0 Å². The summed E-state index contributed by atoms with van der Waals surface area (Å²) in [5.74, 6) is 4.05. The summed E-state index contributed by atoms with van der Waals surface area (Å²) < 4.78 is 0. The molecule has 5 heteroatoms. The lowest BCUT2D eigenvalue weighted by Gasteiger charge is -2.30. The molecule has 0 aliphatic carbocycles. The molecule has 2 aliphatic rings. The van der Waals surface area contributed by atoms with Crippen molar-refractivity contribution in [3.8, 4) is 0 Å². The number of rotatable bonds is 6. The van der Waals surface area contributed by atoms with Crippen molar-refractivity contribution in [3.63, 3.8) is 0 Å². The van der Waals surface area contributed by atoms with Crippen molar-refractivity contribution in [1.29, 1.82) is 0 Å². The third kappa shape index (κ3) is 4.05. The molecule has 2 rings (SSSR count). The minimum atomic E-state index is 0.0720. The molecule has 3 nitrogen and oxygen atoms in total. The Morgan fingerprint density at radius 2 is 2.05 bits per heavy atom. The van der Waals surface area contributed by atoms with Gasteiger partial charge in [0, 0.05) is 29.1 Å². The van der Waals surface area contributed by atoms with Crippen LogP contribution >= 0.6 is 23.5 Å². The number of nitrogens with zero attached hydrogens (tertiary/aromatic N) is 1. The van der Waals surface area contributed by atoms with Crippen LogP contribution in [0.4, 0.5) is 0 Å². The van der Waals surface area contributed by atoms with Gasteiger partial charge >= 0.3 is 0 Å². The van der Waals surface area contributed by atoms with Gasteiger partial charge in [-0.3, -0.25) is 10.1 Å². The van der Waals surface area contributed by atoms with E-state index in [0.717, 1.165) is 32.2 Å². The Hall–Kier alpha value is 0.130. The maximum atomic E-state index is 12.5. The number of hydrogen-bond donors (Lipinski definition) is 1. The molecular formula is C14H26N2OS2. The second-order valence-corrected chi connectivity index (χ2v) is 7.93. The van der Waals surface area contributed by atoms with Gasteiger partial charge in [0.15, 0.2) is 0 Å². The second kappa shape index (κ2) is 7.79. The molecule has 0 spiro atoms. The van der Waals surface area contributed by atoms with Crippen molar-refractivity contribution in [2.24, 2.45) is 0 Å². The number of hydrogen-bond acceptors (Lipinski definition) is 4. The molecule has 3 atom stereocenters. The van der Waals surface area contributed by atoms with Gasteiger partial charge in [-0.1, -0.05) is 26.7 Å². The Morgan fingerprint density at radius 3 is 2.68 bits per heavy atom. The van der Waals surface area contributed by atoms with Crippen molar-refractivity contribution < 1.29 is 4.79 Å². The molecule has 19 heavy (non-hydrogen) atoms. The lowest BCUT2D eigenvalue weighted by Crippen LogP contribution is -2.42. The predicted molar refractivity (Wildman–Crippen MR) is 85.8 cm³/mol. The Bertz CT molecular complexity index is 295. The van der Waals surface area contributed by atoms with E-state index in [2.05, 4.69) is 24.1 Å². The summed E-state index contributed by atoms with van der Waals surface area (Å²) in [6, 6.07) is 0.0720. The summed E-state index contributed by atoms with van der Waals surface area (Å²) in [5, 5.41) is 4.17. The van der Waals surface area contributed by atoms with Gasteiger partial charge in [-0.05, 0) is 12.8 Å². The summed E-state index contributed by atoms with van der Waals surface area (Å²) in [4.78, 5) is 14.6. The lowest BCUT2D eigenvalue weighted by atomic mass is 10.2. The van der Waals surface area contributed by atoms with Crippen molar-refractivity contribution in [1.82, 2.24) is 10.2 Å². The molecule has 0 bridgehead atoms. The van der Waals surface area contributed by atoms with E-state index in [1.807, 2.05) is 23.5 Å². The summed E-state index contributed by atoms with van der Waals surface area (Å²) in [6.07, 6.45) is 4.54. The maximum Gasteiger partial charge on any atom is 0.241 e. The highest BCUT2D eigenvalue weighted by Crippen LogP contribution is 2.27. The molecule has 0 radical (unpaired) electrons. The molecule has 2 fully saturated rings. The minimum Gasteiger partial charge on any atom is -0.325 e. The molecular weight excluding hydrogens is 276 g/mol. The topological polar surface area (TPSA) is 32.3 Å². The van der Waals surface area contributed by atoms with Gasteiger partial charge in [0.25, 0.3) is 0 Å². The van der Waals surface area contributed by atoms with E-state index in [1.165, 1.54) is 17.3 Å². The SMILES string of the molecule is CCCC1NC(CCC)N(CC2CSCCS2)C1=O. The summed E-state index contributed by atoms with van der Waals surface area (Å²) in [5.41, 5.74) is 0. The summed E-state index contributed by atoms with van der Waals surface area (Å²) >= 11 is 4.08. The van der Waals surface area contributed by atoms with E-state index in [0.29, 0.717) is 11.2 Å². The molecule has 0 saturated carbocycles. The zero-order valence-corrected chi connectivity index (χ0v) is 13.7. The van der Waals surface area contributed by atoms with Crippen LogP contribution in [0.25, 0.3) is 0 Å². The van der Waals surface area contributed by atoms with Gasteiger partial charge in [-0.2, -0.15) is 23.5 Å². The average molecular weight is 303 g/mol. The quantitative estimate of drug-likeness (QED) is 0.817. The van der Waals surface area contributed by atoms with Crippen LogP contribution in [0.2, 0.25) is 0 Å². The minimum absolute atomic E-state index is 0.0720. The predicted octanol–water partition coefficient (Wildman–Crippen LogP) is 2.56. The molecule has 0 aromatic heterocycles. The maximum absolute atomic E-state index is 12.5. The monoisotopic (exact) mass is 302 g/mol. The fourth-order valence-electron chi connectivity index (χ4n) is 2.83. The van der Waals surface area contributed by atoms with Crippen molar-refractivity contribution in [3.05, 3.63) is 0 Å². The highest BCUT2D eigenvalue weighted by Gasteiger charge is 2.38. The number of carbonyl (C=O) groups excluding carboxylic acids is 1. The second-order valence-electron chi connectivity index (χ2n) is 5.37. The molecule has 3 unspecified atom stereocenters. The molecule has 1 N–H and O–H groups in total. The molecule has 1 amide bonds. The van der Waals surface area contributed by atoms with Crippen molar-refractivity contribution >= 4 is 29.4 Å². The number of thioether (sulfide) groups is 2. The van der Waals surface area contributed by atoms with E-state index in [1.54, 1.807) is 0 Å². The molecule has 2 heterocycles. The Kier molecular flexibility index (Phi) is 6.36. The van der Waals surface area contributed by atoms with Crippen LogP contribution in [0, 0.1) is 0 Å². The Morgan fingerprint density at radius 1 is 1.26 bits per heavy atom. The van der Waals surface area contributed by atoms with Crippen LogP contribution in [0.15, 0.2) is 0 Å². The third-order valence-corrected chi connectivity index (χ3v) is 6.60. The third-order valence-electron chi connectivity index (χ3n) is 3.78. The first-order chi connectivity index (χ1) is 9.26. The van der Waals surface area contributed by atoms with Gasteiger partial charge < -0.3 is 4.90 Å². The first-order valence-electron chi connectivity index (χ1n) is 7.52. The van der Waals surface area contributed by atoms with Crippen LogP contribution in [0.5, 0.6) is 0 Å². The lowest BCUT2D eigenvalue weighted by molar-refractivity contribution is -0.130. The highest BCUT2D eigenvalue weighted by molar-refractivity contribution is 8.06. The average Bonchev–Trinajstić information content (AvgIpc) is 2.70. The van der Waals surface area contributed by atoms with Gasteiger partial charge in [0.2, 0.25) is 5.91 Å². The molecule has 2 aliphatic heterocycles. The summed E-state index contributed by atoms with van der Waals surface area (Å²) in [7, 11) is 0. The fraction of sp³-hybridized carbons (Fsp3) is 0.929. The van der Waals surface area contributed by atoms with Crippen LogP contribution in [-0.2, 0) is 4.79 Å². The van der Waals surface area contributed by atoms with Crippen LogP contribution in [0.1, 0.15) is 39.5 Å². The largest absolute Gasteiger partial charge is 0.325 e. The number of amides is 1. The van der Waals surface area contributed by atoms with Crippen molar-refractivity contribution in [2.45, 2.75) is 57.0 Å². The van der Waals surface area contributed by atoms with E-state index in [4.69, 9.17) is 0 Å². The van der Waals surface area contributed by atoms with E-state index in [-0.39, 0.29) is 12.2 Å².